The number of aromatic nitrogens is 3. The van der Waals surface area contributed by atoms with E-state index in [1.165, 1.54) is 0 Å². The SMILES string of the molecule is CO[B]NCCNc1cc(-c2ccccc2Cl)nc2c(Br)cnn12. The zero-order valence-corrected chi connectivity index (χ0v) is 15.3. The maximum atomic E-state index is 6.31. The van der Waals surface area contributed by atoms with Gasteiger partial charge in [0.25, 0.3) is 0 Å². The summed E-state index contributed by atoms with van der Waals surface area (Å²) in [6.45, 7) is 1.40. The molecule has 0 amide bonds. The number of fused-ring (bicyclic) bond motifs is 1. The minimum atomic E-state index is 0.660. The fourth-order valence-corrected chi connectivity index (χ4v) is 2.85. The van der Waals surface area contributed by atoms with Crippen LogP contribution in [-0.4, -0.2) is 42.4 Å². The van der Waals surface area contributed by atoms with E-state index in [1.54, 1.807) is 25.4 Å². The third-order valence-corrected chi connectivity index (χ3v) is 4.24. The largest absolute Gasteiger partial charge is 0.427 e. The molecule has 0 fully saturated rings. The van der Waals surface area contributed by atoms with Gasteiger partial charge in [-0.25, -0.2) is 4.98 Å². The molecule has 1 radical (unpaired) electrons. The summed E-state index contributed by atoms with van der Waals surface area (Å²) in [4.78, 5) is 4.67. The number of anilines is 1. The smallest absolute Gasteiger partial charge is 0.395 e. The zero-order valence-electron chi connectivity index (χ0n) is 13.0. The van der Waals surface area contributed by atoms with Crippen molar-refractivity contribution in [2.24, 2.45) is 0 Å². The fourth-order valence-electron chi connectivity index (χ4n) is 2.27. The predicted octanol–water partition coefficient (Wildman–Crippen LogP) is 2.99. The van der Waals surface area contributed by atoms with E-state index in [0.717, 1.165) is 27.2 Å². The van der Waals surface area contributed by atoms with Gasteiger partial charge >= 0.3 is 7.62 Å². The molecule has 6 nitrogen and oxygen atoms in total. The van der Waals surface area contributed by atoms with Crippen LogP contribution in [0.1, 0.15) is 0 Å². The van der Waals surface area contributed by atoms with Gasteiger partial charge in [-0.05, 0) is 22.0 Å². The first kappa shape index (κ1) is 17.2. The van der Waals surface area contributed by atoms with Crippen LogP contribution in [0.15, 0.2) is 41.0 Å². The van der Waals surface area contributed by atoms with Gasteiger partial charge in [0.2, 0.25) is 0 Å². The van der Waals surface area contributed by atoms with Crippen molar-refractivity contribution in [1.29, 1.82) is 0 Å². The predicted molar refractivity (Wildman–Crippen MR) is 100 cm³/mol. The number of nitrogens with zero attached hydrogens (tertiary/aromatic N) is 3. The maximum Gasteiger partial charge on any atom is 0.395 e. The molecule has 0 atom stereocenters. The van der Waals surface area contributed by atoms with Gasteiger partial charge in [-0.1, -0.05) is 29.8 Å². The molecule has 0 saturated heterocycles. The third-order valence-electron chi connectivity index (χ3n) is 3.36. The summed E-state index contributed by atoms with van der Waals surface area (Å²) in [6, 6.07) is 9.58. The number of benzene rings is 1. The average Bonchev–Trinajstić information content (AvgIpc) is 2.96. The summed E-state index contributed by atoms with van der Waals surface area (Å²) >= 11 is 9.80. The second-order valence-corrected chi connectivity index (χ2v) is 6.23. The van der Waals surface area contributed by atoms with E-state index in [-0.39, 0.29) is 0 Å². The highest BCUT2D eigenvalue weighted by Gasteiger charge is 2.12. The Balaban J connectivity index is 1.94. The normalized spacial score (nSPS) is 11.0. The summed E-state index contributed by atoms with van der Waals surface area (Å²) in [5, 5.41) is 11.4. The standard InChI is InChI=1S/C15H15BBrClN5O/c1-24-16-20-7-6-19-14-8-13(10-4-2-3-5-12(10)18)22-15-11(17)9-21-23(14)15/h2-5,8-9,19-20H,6-7H2,1H3. The van der Waals surface area contributed by atoms with Gasteiger partial charge in [0.1, 0.15) is 5.82 Å². The Morgan fingerprint density at radius 2 is 2.17 bits per heavy atom. The molecule has 3 rings (SSSR count). The minimum absolute atomic E-state index is 0.660. The second kappa shape index (κ2) is 7.98. The van der Waals surface area contributed by atoms with E-state index < -0.39 is 0 Å². The first-order valence-electron chi connectivity index (χ1n) is 7.31. The lowest BCUT2D eigenvalue weighted by molar-refractivity contribution is 0.431. The van der Waals surface area contributed by atoms with Crippen molar-refractivity contribution in [2.45, 2.75) is 0 Å². The molecule has 0 aliphatic heterocycles. The van der Waals surface area contributed by atoms with E-state index in [4.69, 9.17) is 16.3 Å². The summed E-state index contributed by atoms with van der Waals surface area (Å²) in [5.74, 6) is 0.833. The first-order chi connectivity index (χ1) is 11.7. The Morgan fingerprint density at radius 3 is 2.96 bits per heavy atom. The monoisotopic (exact) mass is 406 g/mol. The van der Waals surface area contributed by atoms with Crippen LogP contribution < -0.4 is 10.5 Å². The number of halogens is 2. The van der Waals surface area contributed by atoms with Crippen molar-refractivity contribution < 1.29 is 4.65 Å². The Morgan fingerprint density at radius 1 is 1.33 bits per heavy atom. The Kier molecular flexibility index (Phi) is 5.73. The van der Waals surface area contributed by atoms with Gasteiger partial charge in [0.05, 0.1) is 16.4 Å². The lowest BCUT2D eigenvalue weighted by Crippen LogP contribution is -2.27. The van der Waals surface area contributed by atoms with E-state index in [0.29, 0.717) is 18.1 Å². The molecule has 0 bridgehead atoms. The first-order valence-corrected chi connectivity index (χ1v) is 8.48. The molecule has 0 unspecified atom stereocenters. The molecule has 0 aliphatic carbocycles. The quantitative estimate of drug-likeness (QED) is 0.466. The lowest BCUT2D eigenvalue weighted by atomic mass is 10.1. The van der Waals surface area contributed by atoms with Crippen LogP contribution in [0.25, 0.3) is 16.9 Å². The van der Waals surface area contributed by atoms with E-state index >= 15 is 0 Å². The molecule has 0 spiro atoms. The molecule has 24 heavy (non-hydrogen) atoms. The molecule has 2 heterocycles. The Bertz CT molecular complexity index is 844. The maximum absolute atomic E-state index is 6.31. The fraction of sp³-hybridized carbons (Fsp3) is 0.200. The Hall–Kier alpha value is -1.61. The van der Waals surface area contributed by atoms with Crippen LogP contribution in [0.2, 0.25) is 5.02 Å². The number of rotatable bonds is 7. The van der Waals surface area contributed by atoms with Gasteiger partial charge < -0.3 is 15.2 Å². The molecule has 0 aliphatic rings. The van der Waals surface area contributed by atoms with Crippen molar-refractivity contribution in [3.8, 4) is 11.3 Å². The second-order valence-electron chi connectivity index (χ2n) is 4.97. The van der Waals surface area contributed by atoms with E-state index in [9.17, 15) is 0 Å². The highest BCUT2D eigenvalue weighted by Crippen LogP contribution is 2.30. The zero-order chi connectivity index (χ0) is 16.9. The van der Waals surface area contributed by atoms with E-state index in [2.05, 4.69) is 36.6 Å². The highest BCUT2D eigenvalue weighted by atomic mass is 79.9. The summed E-state index contributed by atoms with van der Waals surface area (Å²) in [5.41, 5.74) is 2.39. The third kappa shape index (κ3) is 3.72. The van der Waals surface area contributed by atoms with Crippen LogP contribution in [0, 0.1) is 0 Å². The van der Waals surface area contributed by atoms with Gasteiger partial charge in [0, 0.05) is 36.9 Å². The van der Waals surface area contributed by atoms with Crippen molar-refractivity contribution >= 4 is 46.6 Å². The molecule has 2 N–H and O–H groups in total. The molecular weight excluding hydrogens is 392 g/mol. The molecular formula is C15H15BBrClN5O. The minimum Gasteiger partial charge on any atom is -0.427 e. The highest BCUT2D eigenvalue weighted by molar-refractivity contribution is 9.10. The van der Waals surface area contributed by atoms with E-state index in [1.807, 2.05) is 30.3 Å². The van der Waals surface area contributed by atoms with Crippen LogP contribution in [0.3, 0.4) is 0 Å². The van der Waals surface area contributed by atoms with Gasteiger partial charge in [-0.3, -0.25) is 0 Å². The van der Waals surface area contributed by atoms with Gasteiger partial charge in [-0.2, -0.15) is 9.61 Å². The van der Waals surface area contributed by atoms with Crippen molar-refractivity contribution in [2.75, 3.05) is 25.5 Å². The van der Waals surface area contributed by atoms with Crippen molar-refractivity contribution in [3.05, 3.63) is 46.0 Å². The number of hydrogen-bond acceptors (Lipinski definition) is 5. The van der Waals surface area contributed by atoms with Crippen LogP contribution in [0.4, 0.5) is 5.82 Å². The average molecular weight is 407 g/mol. The number of nitrogens with one attached hydrogen (secondary N) is 2. The molecule has 9 heteroatoms. The summed E-state index contributed by atoms with van der Waals surface area (Å²) in [7, 11) is 3.15. The summed E-state index contributed by atoms with van der Waals surface area (Å²) in [6.07, 6.45) is 1.72. The topological polar surface area (TPSA) is 63.5 Å². The molecule has 2 aromatic heterocycles. The molecule has 123 valence electrons. The van der Waals surface area contributed by atoms with Crippen LogP contribution in [0.5, 0.6) is 0 Å². The Labute approximate surface area is 154 Å². The summed E-state index contributed by atoms with van der Waals surface area (Å²) < 4.78 is 7.42. The van der Waals surface area contributed by atoms with Crippen molar-refractivity contribution in [3.63, 3.8) is 0 Å². The van der Waals surface area contributed by atoms with Crippen molar-refractivity contribution in [1.82, 2.24) is 19.8 Å². The van der Waals surface area contributed by atoms with Gasteiger partial charge in [-0.15, -0.1) is 0 Å². The number of hydrogen-bond donors (Lipinski definition) is 2. The molecule has 3 aromatic rings. The van der Waals surface area contributed by atoms with Crippen LogP contribution >= 0.6 is 27.5 Å². The van der Waals surface area contributed by atoms with Crippen LogP contribution in [-0.2, 0) is 4.65 Å². The molecule has 1 aromatic carbocycles. The van der Waals surface area contributed by atoms with Gasteiger partial charge in [0.15, 0.2) is 5.65 Å². The lowest BCUT2D eigenvalue weighted by Gasteiger charge is -2.11. The molecule has 0 saturated carbocycles.